The summed E-state index contributed by atoms with van der Waals surface area (Å²) in [6, 6.07) is 14.7. The van der Waals surface area contributed by atoms with Gasteiger partial charge in [0.2, 0.25) is 0 Å². The number of carbonyl (C=O) groups is 1. The number of carbonyl (C=O) groups excluding carboxylic acids is 1. The SMILES string of the molecule is Cc1ccc(-n2nnnc2/C(=C\N(C)C)C(=O)c2ccccc2Cl)cc1. The van der Waals surface area contributed by atoms with Gasteiger partial charge < -0.3 is 4.90 Å². The highest BCUT2D eigenvalue weighted by atomic mass is 35.5. The van der Waals surface area contributed by atoms with E-state index in [1.54, 1.807) is 40.0 Å². The number of rotatable bonds is 5. The van der Waals surface area contributed by atoms with Crippen molar-refractivity contribution in [1.82, 2.24) is 25.1 Å². The Morgan fingerprint density at radius 2 is 1.81 bits per heavy atom. The molecule has 3 rings (SSSR count). The summed E-state index contributed by atoms with van der Waals surface area (Å²) in [7, 11) is 3.67. The van der Waals surface area contributed by atoms with Crippen molar-refractivity contribution in [3.05, 3.63) is 76.7 Å². The first-order chi connectivity index (χ1) is 12.5. The molecule has 0 unspecified atom stereocenters. The van der Waals surface area contributed by atoms with Gasteiger partial charge in [0.1, 0.15) is 0 Å². The molecule has 0 bridgehead atoms. The summed E-state index contributed by atoms with van der Waals surface area (Å²) >= 11 is 6.22. The van der Waals surface area contributed by atoms with Crippen LogP contribution in [-0.4, -0.2) is 45.0 Å². The average molecular weight is 368 g/mol. The van der Waals surface area contributed by atoms with Gasteiger partial charge in [-0.3, -0.25) is 4.79 Å². The first kappa shape index (κ1) is 17.8. The van der Waals surface area contributed by atoms with Crippen molar-refractivity contribution in [2.75, 3.05) is 14.1 Å². The highest BCUT2D eigenvalue weighted by Gasteiger charge is 2.23. The lowest BCUT2D eigenvalue weighted by atomic mass is 10.0. The topological polar surface area (TPSA) is 63.9 Å². The summed E-state index contributed by atoms with van der Waals surface area (Å²) in [6.45, 7) is 2.00. The molecular formula is C19H18ClN5O. The van der Waals surface area contributed by atoms with E-state index >= 15 is 0 Å². The lowest BCUT2D eigenvalue weighted by molar-refractivity contribution is 0.105. The Balaban J connectivity index is 2.11. The molecule has 1 heterocycles. The number of allylic oxidation sites excluding steroid dienone is 1. The molecule has 7 heteroatoms. The molecule has 0 radical (unpaired) electrons. The van der Waals surface area contributed by atoms with Gasteiger partial charge in [0.05, 0.1) is 16.3 Å². The minimum absolute atomic E-state index is 0.243. The number of benzene rings is 2. The van der Waals surface area contributed by atoms with Crippen molar-refractivity contribution >= 4 is 23.0 Å². The molecule has 1 aromatic heterocycles. The zero-order valence-corrected chi connectivity index (χ0v) is 15.5. The number of nitrogens with zero attached hydrogens (tertiary/aromatic N) is 5. The van der Waals surface area contributed by atoms with E-state index in [-0.39, 0.29) is 5.78 Å². The first-order valence-corrected chi connectivity index (χ1v) is 8.38. The van der Waals surface area contributed by atoms with Gasteiger partial charge in [-0.1, -0.05) is 41.4 Å². The average Bonchev–Trinajstić information content (AvgIpc) is 3.09. The second-order valence-corrected chi connectivity index (χ2v) is 6.47. The summed E-state index contributed by atoms with van der Waals surface area (Å²) in [5.41, 5.74) is 2.65. The Kier molecular flexibility index (Phi) is 5.14. The molecule has 0 saturated heterocycles. The van der Waals surface area contributed by atoms with Gasteiger partial charge in [0.15, 0.2) is 11.6 Å². The molecule has 0 saturated carbocycles. The Bertz CT molecular complexity index is 960. The normalized spacial score (nSPS) is 11.5. The molecule has 26 heavy (non-hydrogen) atoms. The molecule has 0 atom stereocenters. The number of ketones is 1. The summed E-state index contributed by atoms with van der Waals surface area (Å²) in [6.07, 6.45) is 1.70. The van der Waals surface area contributed by atoms with E-state index in [0.29, 0.717) is 22.0 Å². The van der Waals surface area contributed by atoms with Gasteiger partial charge in [-0.15, -0.1) is 5.10 Å². The van der Waals surface area contributed by atoms with Gasteiger partial charge in [-0.25, -0.2) is 0 Å². The second-order valence-electron chi connectivity index (χ2n) is 6.07. The maximum absolute atomic E-state index is 13.1. The largest absolute Gasteiger partial charge is 0.383 e. The van der Waals surface area contributed by atoms with E-state index < -0.39 is 0 Å². The monoisotopic (exact) mass is 367 g/mol. The Morgan fingerprint density at radius 1 is 1.12 bits per heavy atom. The minimum atomic E-state index is -0.243. The smallest absolute Gasteiger partial charge is 0.199 e. The van der Waals surface area contributed by atoms with Crippen LogP contribution in [0.5, 0.6) is 0 Å². The van der Waals surface area contributed by atoms with E-state index in [2.05, 4.69) is 15.5 Å². The summed E-state index contributed by atoms with van der Waals surface area (Å²) in [5.74, 6) is 0.111. The Morgan fingerprint density at radius 3 is 2.46 bits per heavy atom. The molecule has 3 aromatic rings. The van der Waals surface area contributed by atoms with Crippen LogP contribution in [-0.2, 0) is 0 Å². The number of halogens is 1. The first-order valence-electron chi connectivity index (χ1n) is 8.00. The highest BCUT2D eigenvalue weighted by molar-refractivity contribution is 6.38. The van der Waals surface area contributed by atoms with Crippen LogP contribution in [0.3, 0.4) is 0 Å². The van der Waals surface area contributed by atoms with Crippen LogP contribution in [0.15, 0.2) is 54.7 Å². The predicted octanol–water partition coefficient (Wildman–Crippen LogP) is 3.41. The van der Waals surface area contributed by atoms with E-state index in [4.69, 9.17) is 11.6 Å². The lowest BCUT2D eigenvalue weighted by Crippen LogP contribution is -2.14. The third kappa shape index (κ3) is 3.65. The van der Waals surface area contributed by atoms with Gasteiger partial charge >= 0.3 is 0 Å². The van der Waals surface area contributed by atoms with E-state index in [1.807, 2.05) is 45.3 Å². The predicted molar refractivity (Wildman–Crippen MR) is 101 cm³/mol. The zero-order chi connectivity index (χ0) is 18.7. The summed E-state index contributed by atoms with van der Waals surface area (Å²) in [4.78, 5) is 14.9. The molecule has 0 fully saturated rings. The van der Waals surface area contributed by atoms with Crippen molar-refractivity contribution in [2.45, 2.75) is 6.92 Å². The molecule has 0 aliphatic heterocycles. The second kappa shape index (κ2) is 7.49. The molecule has 2 aromatic carbocycles. The van der Waals surface area contributed by atoms with Crippen molar-refractivity contribution in [1.29, 1.82) is 0 Å². The number of tetrazole rings is 1. The van der Waals surface area contributed by atoms with Crippen LogP contribution in [0.2, 0.25) is 5.02 Å². The minimum Gasteiger partial charge on any atom is -0.383 e. The fourth-order valence-corrected chi connectivity index (χ4v) is 2.70. The molecule has 132 valence electrons. The number of Topliss-reactive ketones (excluding diaryl/α,β-unsaturated/α-hetero) is 1. The quantitative estimate of drug-likeness (QED) is 0.510. The van der Waals surface area contributed by atoms with Crippen LogP contribution < -0.4 is 0 Å². The zero-order valence-electron chi connectivity index (χ0n) is 14.7. The molecule has 0 aliphatic carbocycles. The van der Waals surface area contributed by atoms with Crippen molar-refractivity contribution in [3.63, 3.8) is 0 Å². The maximum atomic E-state index is 13.1. The van der Waals surface area contributed by atoms with E-state index in [9.17, 15) is 4.79 Å². The third-order valence-electron chi connectivity index (χ3n) is 3.74. The number of hydrogen-bond donors (Lipinski definition) is 0. The van der Waals surface area contributed by atoms with Gasteiger partial charge in [-0.2, -0.15) is 4.68 Å². The molecule has 6 nitrogen and oxygen atoms in total. The van der Waals surface area contributed by atoms with Gasteiger partial charge in [0, 0.05) is 25.9 Å². The summed E-state index contributed by atoms with van der Waals surface area (Å²) < 4.78 is 1.55. The van der Waals surface area contributed by atoms with Crippen LogP contribution in [0.25, 0.3) is 11.3 Å². The Labute approximate surface area is 156 Å². The van der Waals surface area contributed by atoms with Crippen molar-refractivity contribution < 1.29 is 4.79 Å². The molecule has 0 N–H and O–H groups in total. The number of hydrogen-bond acceptors (Lipinski definition) is 5. The van der Waals surface area contributed by atoms with Crippen LogP contribution >= 0.6 is 11.6 Å². The molecule has 0 aliphatic rings. The van der Waals surface area contributed by atoms with Crippen molar-refractivity contribution in [2.24, 2.45) is 0 Å². The van der Waals surface area contributed by atoms with Crippen molar-refractivity contribution in [3.8, 4) is 5.69 Å². The number of aromatic nitrogens is 4. The van der Waals surface area contributed by atoms with Crippen LogP contribution in [0.1, 0.15) is 21.7 Å². The summed E-state index contributed by atoms with van der Waals surface area (Å²) in [5, 5.41) is 12.3. The standard InChI is InChI=1S/C19H18ClN5O/c1-13-8-10-14(11-9-13)25-19(21-22-23-25)16(12-24(2)3)18(26)15-6-4-5-7-17(15)20/h4-12H,1-3H3/b16-12-. The van der Waals surface area contributed by atoms with E-state index in [1.165, 1.54) is 0 Å². The van der Waals surface area contributed by atoms with Gasteiger partial charge in [0.25, 0.3) is 0 Å². The molecular weight excluding hydrogens is 350 g/mol. The molecule has 0 amide bonds. The number of aryl methyl sites for hydroxylation is 1. The highest BCUT2D eigenvalue weighted by Crippen LogP contribution is 2.25. The lowest BCUT2D eigenvalue weighted by Gasteiger charge is -2.12. The third-order valence-corrected chi connectivity index (χ3v) is 4.07. The Hall–Kier alpha value is -2.99. The fourth-order valence-electron chi connectivity index (χ4n) is 2.48. The van der Waals surface area contributed by atoms with Crippen LogP contribution in [0, 0.1) is 6.92 Å². The molecule has 0 spiro atoms. The fraction of sp³-hybridized carbons (Fsp3) is 0.158. The van der Waals surface area contributed by atoms with Crippen LogP contribution in [0.4, 0.5) is 0 Å². The maximum Gasteiger partial charge on any atom is 0.199 e. The van der Waals surface area contributed by atoms with E-state index in [0.717, 1.165) is 11.3 Å². The van der Waals surface area contributed by atoms with Gasteiger partial charge in [-0.05, 0) is 41.6 Å².